The summed E-state index contributed by atoms with van der Waals surface area (Å²) in [6, 6.07) is 18.3. The van der Waals surface area contributed by atoms with Gasteiger partial charge >= 0.3 is 0 Å². The topological polar surface area (TPSA) is 80.1 Å². The van der Waals surface area contributed by atoms with Crippen LogP contribution < -0.4 is 4.74 Å². The number of hydrogen-bond donors (Lipinski definition) is 1. The van der Waals surface area contributed by atoms with E-state index < -0.39 is 0 Å². The summed E-state index contributed by atoms with van der Waals surface area (Å²) in [7, 11) is 1.68. The lowest BCUT2D eigenvalue weighted by Gasteiger charge is -2.32. The molecule has 3 heterocycles. The number of imidazole rings is 1. The lowest BCUT2D eigenvalue weighted by Crippen LogP contribution is -2.34. The van der Waals surface area contributed by atoms with Crippen LogP contribution in [0, 0.1) is 0 Å². The molecule has 7 heteroatoms. The number of nitrogens with one attached hydrogen (secondary N) is 1. The average Bonchev–Trinajstić information content (AvgIpc) is 3.43. The molecular formula is C23H23N5O2. The molecule has 1 aliphatic rings. The van der Waals surface area contributed by atoms with Crippen LogP contribution >= 0.6 is 0 Å². The molecule has 0 unspecified atom stereocenters. The van der Waals surface area contributed by atoms with E-state index in [1.807, 2.05) is 30.3 Å². The van der Waals surface area contributed by atoms with Crippen LogP contribution in [0.3, 0.4) is 0 Å². The van der Waals surface area contributed by atoms with Crippen molar-refractivity contribution in [1.29, 1.82) is 0 Å². The number of aromatic amines is 1. The number of fused-ring (bicyclic) bond motifs is 1. The fraction of sp³-hybridized carbons (Fsp3) is 0.261. The molecule has 0 radical (unpaired) electrons. The Morgan fingerprint density at radius 3 is 2.73 bits per heavy atom. The van der Waals surface area contributed by atoms with Gasteiger partial charge in [-0.15, -0.1) is 0 Å². The Kier molecular flexibility index (Phi) is 5.03. The molecule has 152 valence electrons. The highest BCUT2D eigenvalue weighted by atomic mass is 16.5. The summed E-state index contributed by atoms with van der Waals surface area (Å²) in [6.45, 7) is 1.52. The molecule has 0 saturated carbocycles. The quantitative estimate of drug-likeness (QED) is 0.531. The summed E-state index contributed by atoms with van der Waals surface area (Å²) in [5, 5.41) is 4.24. The second-order valence-corrected chi connectivity index (χ2v) is 7.51. The van der Waals surface area contributed by atoms with Gasteiger partial charge in [-0.05, 0) is 23.3 Å². The molecule has 0 saturated heterocycles. The second kappa shape index (κ2) is 8.12. The van der Waals surface area contributed by atoms with Crippen LogP contribution in [0.1, 0.15) is 40.3 Å². The Morgan fingerprint density at radius 2 is 1.93 bits per heavy atom. The van der Waals surface area contributed by atoms with E-state index >= 15 is 0 Å². The van der Waals surface area contributed by atoms with E-state index in [-0.39, 0.29) is 6.04 Å². The highest BCUT2D eigenvalue weighted by Gasteiger charge is 2.33. The number of hydrogen-bond acceptors (Lipinski definition) is 6. The van der Waals surface area contributed by atoms with Gasteiger partial charge in [0.1, 0.15) is 5.75 Å². The molecule has 30 heavy (non-hydrogen) atoms. The average molecular weight is 401 g/mol. The van der Waals surface area contributed by atoms with Crippen molar-refractivity contribution in [2.24, 2.45) is 0 Å². The smallest absolute Gasteiger partial charge is 0.244 e. The van der Waals surface area contributed by atoms with Gasteiger partial charge in [0.25, 0.3) is 0 Å². The maximum Gasteiger partial charge on any atom is 0.244 e. The number of benzene rings is 2. The molecule has 0 amide bonds. The Bertz CT molecular complexity index is 1100. The molecule has 7 nitrogen and oxygen atoms in total. The zero-order chi connectivity index (χ0) is 20.3. The van der Waals surface area contributed by atoms with Crippen molar-refractivity contribution < 1.29 is 9.26 Å². The number of methoxy groups -OCH3 is 1. The molecule has 0 aliphatic carbocycles. The third kappa shape index (κ3) is 3.84. The lowest BCUT2D eigenvalue weighted by atomic mass is 10.0. The summed E-state index contributed by atoms with van der Waals surface area (Å²) >= 11 is 0. The molecule has 1 aliphatic heterocycles. The van der Waals surface area contributed by atoms with Gasteiger partial charge < -0.3 is 14.2 Å². The van der Waals surface area contributed by atoms with E-state index in [1.54, 1.807) is 13.4 Å². The van der Waals surface area contributed by atoms with Gasteiger partial charge in [-0.25, -0.2) is 4.98 Å². The zero-order valence-electron chi connectivity index (χ0n) is 16.8. The summed E-state index contributed by atoms with van der Waals surface area (Å²) in [5.41, 5.74) is 4.57. The van der Waals surface area contributed by atoms with Gasteiger partial charge in [0.15, 0.2) is 5.82 Å². The number of H-pyrrole nitrogens is 1. The predicted octanol–water partition coefficient (Wildman–Crippen LogP) is 3.69. The molecule has 0 spiro atoms. The van der Waals surface area contributed by atoms with E-state index in [1.165, 1.54) is 5.56 Å². The molecule has 1 atom stereocenters. The Morgan fingerprint density at radius 1 is 1.10 bits per heavy atom. The highest BCUT2D eigenvalue weighted by Crippen LogP contribution is 2.32. The van der Waals surface area contributed by atoms with Crippen molar-refractivity contribution >= 4 is 0 Å². The minimum absolute atomic E-state index is 0.0140. The van der Waals surface area contributed by atoms with Crippen LogP contribution in [0.25, 0.3) is 0 Å². The Balaban J connectivity index is 1.39. The number of nitrogens with zero attached hydrogens (tertiary/aromatic N) is 4. The van der Waals surface area contributed by atoms with Gasteiger partial charge in [0, 0.05) is 25.9 Å². The summed E-state index contributed by atoms with van der Waals surface area (Å²) in [6.07, 6.45) is 3.15. The van der Waals surface area contributed by atoms with Crippen molar-refractivity contribution in [3.05, 3.63) is 95.2 Å². The number of rotatable bonds is 6. The molecule has 0 fully saturated rings. The second-order valence-electron chi connectivity index (χ2n) is 7.51. The minimum Gasteiger partial charge on any atom is -0.497 e. The summed E-state index contributed by atoms with van der Waals surface area (Å²) in [5.74, 6) is 2.20. The number of ether oxygens (including phenoxy) is 1. The Hall–Kier alpha value is -3.45. The first-order valence-electron chi connectivity index (χ1n) is 10.0. The first kappa shape index (κ1) is 18.6. The van der Waals surface area contributed by atoms with Crippen LogP contribution in [-0.2, 0) is 25.9 Å². The van der Waals surface area contributed by atoms with E-state index in [4.69, 9.17) is 14.2 Å². The van der Waals surface area contributed by atoms with Crippen LogP contribution in [0.4, 0.5) is 0 Å². The SMILES string of the molecule is COc1ccc(CN2Cc3[nH]cnc3C[C@H]2c2nc(Cc3ccccc3)no2)cc1. The van der Waals surface area contributed by atoms with Crippen LogP contribution in [-0.4, -0.2) is 32.1 Å². The normalized spacial score (nSPS) is 16.4. The van der Waals surface area contributed by atoms with Gasteiger partial charge in [-0.2, -0.15) is 4.98 Å². The zero-order valence-corrected chi connectivity index (χ0v) is 16.8. The maximum atomic E-state index is 5.71. The third-order valence-electron chi connectivity index (χ3n) is 5.51. The lowest BCUT2D eigenvalue weighted by molar-refractivity contribution is 0.128. The summed E-state index contributed by atoms with van der Waals surface area (Å²) in [4.78, 5) is 14.8. The van der Waals surface area contributed by atoms with Crippen molar-refractivity contribution in [3.63, 3.8) is 0 Å². The monoisotopic (exact) mass is 401 g/mol. The Labute approximate surface area is 174 Å². The van der Waals surface area contributed by atoms with Crippen molar-refractivity contribution in [2.75, 3.05) is 7.11 Å². The van der Waals surface area contributed by atoms with Gasteiger partial charge in [-0.1, -0.05) is 47.6 Å². The molecule has 2 aromatic carbocycles. The highest BCUT2D eigenvalue weighted by molar-refractivity contribution is 5.28. The third-order valence-corrected chi connectivity index (χ3v) is 5.51. The van der Waals surface area contributed by atoms with Crippen LogP contribution in [0.15, 0.2) is 65.4 Å². The standard InChI is InChI=1S/C23H23N5O2/c1-29-18-9-7-17(8-10-18)13-28-14-20-19(24-15-25-20)12-21(28)23-26-22(27-30-23)11-16-5-3-2-4-6-16/h2-10,15,21H,11-14H2,1H3,(H,24,25)/t21-/m0/s1. The maximum absolute atomic E-state index is 5.71. The number of aromatic nitrogens is 4. The van der Waals surface area contributed by atoms with Gasteiger partial charge in [0.05, 0.1) is 30.9 Å². The first-order valence-corrected chi connectivity index (χ1v) is 10.0. The fourth-order valence-electron chi connectivity index (χ4n) is 3.92. The van der Waals surface area contributed by atoms with Crippen molar-refractivity contribution in [3.8, 4) is 5.75 Å². The van der Waals surface area contributed by atoms with E-state index in [2.05, 4.69) is 44.3 Å². The molecule has 5 rings (SSSR count). The van der Waals surface area contributed by atoms with E-state index in [0.29, 0.717) is 18.1 Å². The van der Waals surface area contributed by atoms with Gasteiger partial charge in [0.2, 0.25) is 5.89 Å². The molecule has 0 bridgehead atoms. The van der Waals surface area contributed by atoms with E-state index in [9.17, 15) is 0 Å². The molecule has 2 aromatic heterocycles. The largest absolute Gasteiger partial charge is 0.497 e. The fourth-order valence-corrected chi connectivity index (χ4v) is 3.92. The molecule has 4 aromatic rings. The molecule has 1 N–H and O–H groups in total. The van der Waals surface area contributed by atoms with Crippen LogP contribution in [0.2, 0.25) is 0 Å². The van der Waals surface area contributed by atoms with Gasteiger partial charge in [-0.3, -0.25) is 4.90 Å². The summed E-state index contributed by atoms with van der Waals surface area (Å²) < 4.78 is 11.0. The minimum atomic E-state index is -0.0140. The van der Waals surface area contributed by atoms with E-state index in [0.717, 1.165) is 42.2 Å². The molecular weight excluding hydrogens is 378 g/mol. The van der Waals surface area contributed by atoms with Crippen molar-refractivity contribution in [1.82, 2.24) is 25.0 Å². The van der Waals surface area contributed by atoms with Crippen LogP contribution in [0.5, 0.6) is 5.75 Å². The predicted molar refractivity (Wildman–Crippen MR) is 111 cm³/mol. The first-order chi connectivity index (χ1) is 14.8. The van der Waals surface area contributed by atoms with Crippen molar-refractivity contribution in [2.45, 2.75) is 32.0 Å².